The highest BCUT2D eigenvalue weighted by Gasteiger charge is 2.14. The fourth-order valence-corrected chi connectivity index (χ4v) is 4.37. The predicted molar refractivity (Wildman–Crippen MR) is 122 cm³/mol. The molecule has 0 aliphatic carbocycles. The average molecular weight is 412 g/mol. The molecule has 3 rings (SSSR count). The van der Waals surface area contributed by atoms with Gasteiger partial charge in [-0.3, -0.25) is 14.2 Å². The summed E-state index contributed by atoms with van der Waals surface area (Å²) in [5, 5.41) is 6.33. The number of benzene rings is 2. The van der Waals surface area contributed by atoms with E-state index in [1.807, 2.05) is 50.2 Å². The van der Waals surface area contributed by atoms with Crippen LogP contribution in [0.4, 0.5) is 0 Å². The fourth-order valence-electron chi connectivity index (χ4n) is 3.50. The highest BCUT2D eigenvalue weighted by Crippen LogP contribution is 2.22. The number of fused-ring (bicyclic) bond motifs is 2. The Morgan fingerprint density at radius 2 is 1.90 bits per heavy atom. The molecule has 5 nitrogen and oxygen atoms in total. The van der Waals surface area contributed by atoms with Crippen LogP contribution in [0, 0.1) is 0 Å². The summed E-state index contributed by atoms with van der Waals surface area (Å²) in [6, 6.07) is 12.0. The third-order valence-corrected chi connectivity index (χ3v) is 6.06. The number of unbranched alkanes of at least 4 members (excludes halogenated alkanes) is 2. The number of nitrogens with one attached hydrogen (secondary N) is 1. The zero-order valence-corrected chi connectivity index (χ0v) is 18.2. The van der Waals surface area contributed by atoms with Gasteiger partial charge in [-0.25, -0.2) is 4.98 Å². The maximum absolute atomic E-state index is 13.0. The van der Waals surface area contributed by atoms with E-state index in [4.69, 9.17) is 4.98 Å². The minimum absolute atomic E-state index is 0.0190. The van der Waals surface area contributed by atoms with Crippen molar-refractivity contribution in [1.29, 1.82) is 0 Å². The van der Waals surface area contributed by atoms with E-state index in [0.717, 1.165) is 23.6 Å². The Labute approximate surface area is 175 Å². The number of rotatable bonds is 9. The molecule has 0 unspecified atom stereocenters. The van der Waals surface area contributed by atoms with Crippen molar-refractivity contribution in [3.63, 3.8) is 0 Å². The average Bonchev–Trinajstić information content (AvgIpc) is 2.71. The molecule has 1 amide bonds. The number of carbonyl (C=O) groups excluding carboxylic acids is 1. The molecule has 154 valence electrons. The molecule has 1 aromatic heterocycles. The van der Waals surface area contributed by atoms with Gasteiger partial charge < -0.3 is 5.32 Å². The number of aromatic nitrogens is 2. The minimum Gasteiger partial charge on any atom is -0.353 e. The molecule has 0 aliphatic heterocycles. The molecule has 1 heterocycles. The molecule has 0 saturated carbocycles. The third-order valence-electron chi connectivity index (χ3n) is 5.08. The summed E-state index contributed by atoms with van der Waals surface area (Å²) in [5.41, 5.74) is 0.619. The monoisotopic (exact) mass is 411 g/mol. The first kappa shape index (κ1) is 21.4. The maximum atomic E-state index is 13.0. The van der Waals surface area contributed by atoms with E-state index in [0.29, 0.717) is 22.6 Å². The number of nitrogens with zero attached hydrogens (tertiary/aromatic N) is 2. The van der Waals surface area contributed by atoms with Crippen molar-refractivity contribution in [1.82, 2.24) is 14.9 Å². The van der Waals surface area contributed by atoms with E-state index in [9.17, 15) is 9.59 Å². The number of amides is 1. The Morgan fingerprint density at radius 3 is 2.59 bits per heavy atom. The third kappa shape index (κ3) is 5.18. The highest BCUT2D eigenvalue weighted by molar-refractivity contribution is 7.99. The van der Waals surface area contributed by atoms with Crippen molar-refractivity contribution < 1.29 is 4.79 Å². The van der Waals surface area contributed by atoms with Gasteiger partial charge in [-0.05, 0) is 43.2 Å². The SMILES string of the molecule is CCCCC[C@@H](C)NC(=O)CSc1nc2cc3ccccc3cc2c(=O)n1CC. The van der Waals surface area contributed by atoms with Crippen LogP contribution in [0.1, 0.15) is 46.5 Å². The van der Waals surface area contributed by atoms with Crippen molar-refractivity contribution in [2.75, 3.05) is 5.75 Å². The normalized spacial score (nSPS) is 12.4. The Balaban J connectivity index is 1.79. The number of hydrogen-bond acceptors (Lipinski definition) is 4. The van der Waals surface area contributed by atoms with Crippen LogP contribution >= 0.6 is 11.8 Å². The van der Waals surface area contributed by atoms with E-state index in [1.165, 1.54) is 24.6 Å². The van der Waals surface area contributed by atoms with Crippen LogP contribution in [-0.4, -0.2) is 27.3 Å². The molecule has 1 N–H and O–H groups in total. The molecular weight excluding hydrogens is 382 g/mol. The van der Waals surface area contributed by atoms with Gasteiger partial charge in [0.15, 0.2) is 5.16 Å². The van der Waals surface area contributed by atoms with Crippen LogP contribution in [0.3, 0.4) is 0 Å². The van der Waals surface area contributed by atoms with Gasteiger partial charge in [-0.2, -0.15) is 0 Å². The molecule has 29 heavy (non-hydrogen) atoms. The van der Waals surface area contributed by atoms with Crippen LogP contribution < -0.4 is 10.9 Å². The molecule has 3 aromatic rings. The van der Waals surface area contributed by atoms with Crippen molar-refractivity contribution in [3.8, 4) is 0 Å². The molecule has 0 aliphatic rings. The zero-order valence-electron chi connectivity index (χ0n) is 17.4. The lowest BCUT2D eigenvalue weighted by atomic mass is 10.1. The van der Waals surface area contributed by atoms with Crippen LogP contribution in [-0.2, 0) is 11.3 Å². The van der Waals surface area contributed by atoms with Gasteiger partial charge in [0.05, 0.1) is 16.7 Å². The lowest BCUT2D eigenvalue weighted by molar-refractivity contribution is -0.119. The maximum Gasteiger partial charge on any atom is 0.262 e. The van der Waals surface area contributed by atoms with Crippen molar-refractivity contribution in [3.05, 3.63) is 46.8 Å². The summed E-state index contributed by atoms with van der Waals surface area (Å²) in [6.45, 7) is 6.66. The second kappa shape index (κ2) is 9.92. The van der Waals surface area contributed by atoms with E-state index in [2.05, 4.69) is 12.2 Å². The van der Waals surface area contributed by atoms with Gasteiger partial charge >= 0.3 is 0 Å². The van der Waals surface area contributed by atoms with E-state index in [-0.39, 0.29) is 23.3 Å². The molecule has 0 radical (unpaired) electrons. The van der Waals surface area contributed by atoms with Crippen LogP contribution in [0.25, 0.3) is 21.7 Å². The van der Waals surface area contributed by atoms with Crippen molar-refractivity contribution in [2.45, 2.75) is 64.2 Å². The van der Waals surface area contributed by atoms with E-state index in [1.54, 1.807) is 4.57 Å². The van der Waals surface area contributed by atoms with Gasteiger partial charge in [0.2, 0.25) is 5.91 Å². The van der Waals surface area contributed by atoms with Gasteiger partial charge in [0.1, 0.15) is 0 Å². The molecule has 0 spiro atoms. The summed E-state index contributed by atoms with van der Waals surface area (Å²) in [6.07, 6.45) is 4.48. The number of hydrogen-bond donors (Lipinski definition) is 1. The molecule has 0 saturated heterocycles. The first-order valence-electron chi connectivity index (χ1n) is 10.4. The fraction of sp³-hybridized carbons (Fsp3) is 0.435. The van der Waals surface area contributed by atoms with Gasteiger partial charge in [0.25, 0.3) is 5.56 Å². The van der Waals surface area contributed by atoms with Crippen molar-refractivity contribution in [2.24, 2.45) is 0 Å². The largest absolute Gasteiger partial charge is 0.353 e. The summed E-state index contributed by atoms with van der Waals surface area (Å²) < 4.78 is 1.65. The molecule has 1 atom stereocenters. The summed E-state index contributed by atoms with van der Waals surface area (Å²) in [5.74, 6) is 0.235. The second-order valence-corrected chi connectivity index (χ2v) is 8.36. The first-order chi connectivity index (χ1) is 14.0. The van der Waals surface area contributed by atoms with E-state index < -0.39 is 0 Å². The van der Waals surface area contributed by atoms with Gasteiger partial charge in [0, 0.05) is 12.6 Å². The van der Waals surface area contributed by atoms with Gasteiger partial charge in [-0.15, -0.1) is 0 Å². The topological polar surface area (TPSA) is 64.0 Å². The Bertz CT molecular complexity index is 1060. The Morgan fingerprint density at radius 1 is 1.17 bits per heavy atom. The standard InChI is InChI=1S/C23H29N3O2S/c1-4-6-7-10-16(3)24-21(27)15-29-23-25-20-14-18-12-9-8-11-17(18)13-19(20)22(28)26(23)5-2/h8-9,11-14,16H,4-7,10,15H2,1-3H3,(H,24,27)/t16-/m1/s1. The van der Waals surface area contributed by atoms with Crippen molar-refractivity contribution >= 4 is 39.3 Å². The van der Waals surface area contributed by atoms with Crippen LogP contribution in [0.15, 0.2) is 46.3 Å². The molecule has 0 bridgehead atoms. The lowest BCUT2D eigenvalue weighted by Crippen LogP contribution is -2.34. The highest BCUT2D eigenvalue weighted by atomic mass is 32.2. The van der Waals surface area contributed by atoms with Crippen LogP contribution in [0.2, 0.25) is 0 Å². The summed E-state index contributed by atoms with van der Waals surface area (Å²) in [7, 11) is 0. The zero-order chi connectivity index (χ0) is 20.8. The molecule has 6 heteroatoms. The first-order valence-corrected chi connectivity index (χ1v) is 11.4. The number of carbonyl (C=O) groups is 1. The molecule has 2 aromatic carbocycles. The molecular formula is C23H29N3O2S. The molecule has 0 fully saturated rings. The Hall–Kier alpha value is -2.34. The quantitative estimate of drug-likeness (QED) is 0.239. The summed E-state index contributed by atoms with van der Waals surface area (Å²) in [4.78, 5) is 30.1. The van der Waals surface area contributed by atoms with E-state index >= 15 is 0 Å². The lowest BCUT2D eigenvalue weighted by Gasteiger charge is -2.15. The minimum atomic E-state index is -0.0564. The second-order valence-electron chi connectivity index (χ2n) is 7.41. The predicted octanol–water partition coefficient (Wildman–Crippen LogP) is 4.75. The van der Waals surface area contributed by atoms with Crippen LogP contribution in [0.5, 0.6) is 0 Å². The number of thioether (sulfide) groups is 1. The smallest absolute Gasteiger partial charge is 0.262 e. The Kier molecular flexibility index (Phi) is 7.31. The summed E-state index contributed by atoms with van der Waals surface area (Å²) >= 11 is 1.32. The van der Waals surface area contributed by atoms with Gasteiger partial charge in [-0.1, -0.05) is 62.2 Å².